The van der Waals surface area contributed by atoms with Crippen molar-refractivity contribution in [2.24, 2.45) is 5.92 Å². The molecule has 0 unspecified atom stereocenters. The molecule has 0 spiro atoms. The van der Waals surface area contributed by atoms with Gasteiger partial charge in [0.15, 0.2) is 5.06 Å². The summed E-state index contributed by atoms with van der Waals surface area (Å²) in [5.74, 6) is -4.65. The molecule has 1 aliphatic heterocycles. The highest BCUT2D eigenvalue weighted by Crippen LogP contribution is 2.35. The lowest BCUT2D eigenvalue weighted by molar-refractivity contribution is -0.148. The second kappa shape index (κ2) is 12.3. The summed E-state index contributed by atoms with van der Waals surface area (Å²) < 4.78 is 37.8. The highest BCUT2D eigenvalue weighted by Gasteiger charge is 2.52. The first-order valence-corrected chi connectivity index (χ1v) is 12.4. The summed E-state index contributed by atoms with van der Waals surface area (Å²) in [6.07, 6.45) is 3.46. The highest BCUT2D eigenvalue weighted by atomic mass is 32.1. The normalized spacial score (nSPS) is 19.2. The molecule has 0 radical (unpaired) electrons. The van der Waals surface area contributed by atoms with Gasteiger partial charge in [-0.15, -0.1) is 11.3 Å². The van der Waals surface area contributed by atoms with Gasteiger partial charge in [-0.1, -0.05) is 49.4 Å². The summed E-state index contributed by atoms with van der Waals surface area (Å²) in [6, 6.07) is 12.6. The number of aryl methyl sites for hydroxylation is 2. The molecule has 0 bridgehead atoms. The van der Waals surface area contributed by atoms with E-state index in [1.807, 2.05) is 37.3 Å². The molecule has 1 aliphatic rings. The van der Waals surface area contributed by atoms with Gasteiger partial charge in [0.05, 0.1) is 19.3 Å². The third-order valence-electron chi connectivity index (χ3n) is 6.09. The van der Waals surface area contributed by atoms with E-state index in [1.54, 1.807) is 12.1 Å². The van der Waals surface area contributed by atoms with Crippen LogP contribution in [0, 0.1) is 5.92 Å². The maximum absolute atomic E-state index is 14.2. The number of aliphatic hydroxyl groups is 1. The number of amides is 1. The predicted molar refractivity (Wildman–Crippen MR) is 130 cm³/mol. The van der Waals surface area contributed by atoms with E-state index in [2.05, 4.69) is 4.74 Å². The van der Waals surface area contributed by atoms with E-state index in [0.717, 1.165) is 17.7 Å². The van der Waals surface area contributed by atoms with Crippen LogP contribution in [0.5, 0.6) is 5.06 Å². The van der Waals surface area contributed by atoms with Crippen LogP contribution in [0.2, 0.25) is 0 Å². The molecule has 3 rings (SSSR count). The molecule has 3 atom stereocenters. The minimum absolute atomic E-state index is 0.0576. The van der Waals surface area contributed by atoms with Crippen molar-refractivity contribution in [2.75, 3.05) is 13.7 Å². The standard InChI is InChI=1S/C26H31F2NO5S/c1-18(10-11-19-7-4-3-5-8-19)22(30)14-12-20-17-26(27,28)24(31)29(20)16-6-9-21-13-15-23(35-21)34-25(32)33-2/h3-5,7-8,12-15,18,20,22,30H,6,9-11,16-17H2,1-2H3/b14-12+/t18-,20-,22+/m0/s1. The Morgan fingerprint density at radius 3 is 2.71 bits per heavy atom. The van der Waals surface area contributed by atoms with E-state index in [0.29, 0.717) is 17.9 Å². The van der Waals surface area contributed by atoms with E-state index >= 15 is 0 Å². The Hall–Kier alpha value is -2.78. The summed E-state index contributed by atoms with van der Waals surface area (Å²) in [4.78, 5) is 25.6. The number of methoxy groups -OCH3 is 1. The number of hydrogen-bond donors (Lipinski definition) is 1. The van der Waals surface area contributed by atoms with Gasteiger partial charge in [-0.25, -0.2) is 4.79 Å². The van der Waals surface area contributed by atoms with Crippen molar-refractivity contribution in [3.8, 4) is 5.06 Å². The van der Waals surface area contributed by atoms with Gasteiger partial charge in [-0.2, -0.15) is 8.78 Å². The topological polar surface area (TPSA) is 76.1 Å². The van der Waals surface area contributed by atoms with Gasteiger partial charge in [0, 0.05) is 17.8 Å². The second-order valence-electron chi connectivity index (χ2n) is 8.73. The Labute approximate surface area is 208 Å². The van der Waals surface area contributed by atoms with Crippen LogP contribution in [0.3, 0.4) is 0 Å². The van der Waals surface area contributed by atoms with Crippen molar-refractivity contribution in [3.05, 3.63) is 65.1 Å². The first kappa shape index (κ1) is 26.8. The lowest BCUT2D eigenvalue weighted by Crippen LogP contribution is -2.36. The van der Waals surface area contributed by atoms with Gasteiger partial charge in [-0.3, -0.25) is 4.79 Å². The maximum Gasteiger partial charge on any atom is 0.514 e. The zero-order valence-corrected chi connectivity index (χ0v) is 20.7. The smallest absolute Gasteiger partial charge is 0.437 e. The number of benzene rings is 1. The minimum atomic E-state index is -3.41. The number of rotatable bonds is 11. The Morgan fingerprint density at radius 2 is 2.00 bits per heavy atom. The number of ether oxygens (including phenoxy) is 2. The van der Waals surface area contributed by atoms with E-state index in [9.17, 15) is 23.5 Å². The number of thiophene rings is 1. The fourth-order valence-corrected chi connectivity index (χ4v) is 4.88. The van der Waals surface area contributed by atoms with E-state index < -0.39 is 36.6 Å². The average Bonchev–Trinajstić information content (AvgIpc) is 3.38. The van der Waals surface area contributed by atoms with Gasteiger partial charge in [0.1, 0.15) is 0 Å². The second-order valence-corrected chi connectivity index (χ2v) is 9.86. The molecule has 1 saturated heterocycles. The number of likely N-dealkylation sites (tertiary alicyclic amines) is 1. The van der Waals surface area contributed by atoms with Crippen LogP contribution in [0.1, 0.15) is 36.6 Å². The summed E-state index contributed by atoms with van der Waals surface area (Å²) in [7, 11) is 1.22. The van der Waals surface area contributed by atoms with Gasteiger partial charge in [-0.05, 0) is 49.3 Å². The molecule has 1 amide bonds. The fourth-order valence-electron chi connectivity index (χ4n) is 4.00. The van der Waals surface area contributed by atoms with Gasteiger partial charge >= 0.3 is 12.1 Å². The number of carbonyl (C=O) groups is 2. The molecule has 2 heterocycles. The van der Waals surface area contributed by atoms with Gasteiger partial charge in [0.2, 0.25) is 0 Å². The van der Waals surface area contributed by atoms with Crippen LogP contribution in [-0.2, 0) is 22.4 Å². The molecule has 1 fully saturated rings. The van der Waals surface area contributed by atoms with Crippen LogP contribution in [0.4, 0.5) is 13.6 Å². The minimum Gasteiger partial charge on any atom is -0.437 e. The molecule has 1 N–H and O–H groups in total. The van der Waals surface area contributed by atoms with E-state index in [-0.39, 0.29) is 12.5 Å². The Morgan fingerprint density at radius 1 is 1.26 bits per heavy atom. The zero-order chi connectivity index (χ0) is 25.4. The maximum atomic E-state index is 14.2. The lowest BCUT2D eigenvalue weighted by atomic mass is 9.95. The number of carbonyl (C=O) groups excluding carboxylic acids is 2. The molecule has 6 nitrogen and oxygen atoms in total. The number of aliphatic hydroxyl groups excluding tert-OH is 1. The summed E-state index contributed by atoms with van der Waals surface area (Å²) in [5.41, 5.74) is 1.18. The molecule has 2 aromatic rings. The molecule has 1 aromatic heterocycles. The van der Waals surface area contributed by atoms with E-state index in [4.69, 9.17) is 4.74 Å². The van der Waals surface area contributed by atoms with E-state index in [1.165, 1.54) is 41.1 Å². The fraction of sp³-hybridized carbons (Fsp3) is 0.462. The summed E-state index contributed by atoms with van der Waals surface area (Å²) in [6.45, 7) is 2.08. The van der Waals surface area contributed by atoms with Crippen molar-refractivity contribution < 1.29 is 33.0 Å². The van der Waals surface area contributed by atoms with Crippen LogP contribution in [0.25, 0.3) is 0 Å². The molecule has 0 saturated carbocycles. The molecule has 0 aliphatic carbocycles. The third kappa shape index (κ3) is 7.60. The first-order valence-electron chi connectivity index (χ1n) is 11.6. The summed E-state index contributed by atoms with van der Waals surface area (Å²) >= 11 is 1.26. The Bertz CT molecular complexity index is 1010. The third-order valence-corrected chi connectivity index (χ3v) is 7.12. The van der Waals surface area contributed by atoms with Crippen LogP contribution < -0.4 is 4.74 Å². The Kier molecular flexibility index (Phi) is 9.40. The van der Waals surface area contributed by atoms with Crippen molar-refractivity contribution in [1.82, 2.24) is 4.90 Å². The van der Waals surface area contributed by atoms with Crippen molar-refractivity contribution in [1.29, 1.82) is 0 Å². The number of halogens is 2. The highest BCUT2D eigenvalue weighted by molar-refractivity contribution is 7.13. The molecule has 9 heteroatoms. The Balaban J connectivity index is 1.53. The number of nitrogens with zero attached hydrogens (tertiary/aromatic N) is 1. The van der Waals surface area contributed by atoms with Gasteiger partial charge < -0.3 is 19.5 Å². The molecule has 35 heavy (non-hydrogen) atoms. The SMILES string of the molecule is COC(=O)Oc1ccc(CCCN2C(=O)C(F)(F)C[C@@H]2/C=C/[C@@H](O)[C@@H](C)CCc2ccccc2)s1. The van der Waals surface area contributed by atoms with Crippen molar-refractivity contribution in [3.63, 3.8) is 0 Å². The molecule has 190 valence electrons. The molecule has 1 aromatic carbocycles. The van der Waals surface area contributed by atoms with Crippen LogP contribution in [-0.4, -0.2) is 53.8 Å². The quantitative estimate of drug-likeness (QED) is 0.332. The number of hydrogen-bond acceptors (Lipinski definition) is 6. The van der Waals surface area contributed by atoms with Gasteiger partial charge in [0.25, 0.3) is 5.91 Å². The molecular weight excluding hydrogens is 476 g/mol. The van der Waals surface area contributed by atoms with Crippen LogP contribution >= 0.6 is 11.3 Å². The number of alkyl halides is 2. The van der Waals surface area contributed by atoms with Crippen molar-refractivity contribution >= 4 is 23.4 Å². The van der Waals surface area contributed by atoms with Crippen molar-refractivity contribution in [2.45, 2.75) is 57.1 Å². The van der Waals surface area contributed by atoms with Crippen LogP contribution in [0.15, 0.2) is 54.6 Å². The summed E-state index contributed by atoms with van der Waals surface area (Å²) in [5, 5.41) is 10.9. The largest absolute Gasteiger partial charge is 0.514 e. The zero-order valence-electron chi connectivity index (χ0n) is 19.9. The predicted octanol–water partition coefficient (Wildman–Crippen LogP) is 5.25. The lowest BCUT2D eigenvalue weighted by Gasteiger charge is -2.22. The molecular formula is C26H31F2NO5S. The average molecular weight is 508 g/mol. The monoisotopic (exact) mass is 507 g/mol. The first-order chi connectivity index (χ1) is 16.7.